The molecule has 8 heteroatoms. The Bertz CT molecular complexity index is 360. The largest absolute Gasteiger partial charge is 0.694 e. The third kappa shape index (κ3) is 14.3. The van der Waals surface area contributed by atoms with Gasteiger partial charge in [-0.15, -0.1) is 9.42 Å². The highest BCUT2D eigenvalue weighted by atomic mass is 31.1. The summed E-state index contributed by atoms with van der Waals surface area (Å²) in [4.78, 5) is 31.9. The molecule has 0 aliphatic rings. The van der Waals surface area contributed by atoms with Gasteiger partial charge in [-0.2, -0.15) is 0 Å². The predicted octanol–water partition coefficient (Wildman–Crippen LogP) is 3.27. The van der Waals surface area contributed by atoms with Crippen molar-refractivity contribution < 1.29 is 33.0 Å². The van der Waals surface area contributed by atoms with Crippen LogP contribution >= 0.6 is 8.25 Å². The van der Waals surface area contributed by atoms with Crippen molar-refractivity contribution in [1.82, 2.24) is 0 Å². The fraction of sp³-hybridized carbons (Fsp3) is 0.867. The average Bonchev–Trinajstić information content (AvgIpc) is 2.50. The minimum Gasteiger partial charge on any atom is -0.462 e. The van der Waals surface area contributed by atoms with E-state index in [0.717, 1.165) is 32.1 Å². The quantitative estimate of drug-likeness (QED) is 0.291. The normalized spacial score (nSPS) is 12.6. The van der Waals surface area contributed by atoms with Crippen molar-refractivity contribution in [2.24, 2.45) is 0 Å². The van der Waals surface area contributed by atoms with Crippen LogP contribution in [0.1, 0.15) is 65.2 Å². The SMILES string of the molecule is CCCCCC(=O)OCC(CO[P+](=O)O)OC(=O)CCCCC. The van der Waals surface area contributed by atoms with Crippen molar-refractivity contribution in [2.45, 2.75) is 71.3 Å². The maximum absolute atomic E-state index is 11.7. The number of ether oxygens (including phenoxy) is 2. The van der Waals surface area contributed by atoms with Crippen molar-refractivity contribution in [3.05, 3.63) is 0 Å². The zero-order valence-electron chi connectivity index (χ0n) is 14.0. The molecule has 0 aliphatic heterocycles. The molecule has 0 aliphatic carbocycles. The van der Waals surface area contributed by atoms with E-state index in [1.165, 1.54) is 0 Å². The Labute approximate surface area is 138 Å². The summed E-state index contributed by atoms with van der Waals surface area (Å²) in [7, 11) is -2.79. The summed E-state index contributed by atoms with van der Waals surface area (Å²) in [6, 6.07) is 0. The zero-order valence-corrected chi connectivity index (χ0v) is 14.9. The number of unbranched alkanes of at least 4 members (excludes halogenated alkanes) is 4. The number of carbonyl (C=O) groups excluding carboxylic acids is 2. The van der Waals surface area contributed by atoms with Crippen LogP contribution in [0, 0.1) is 0 Å². The van der Waals surface area contributed by atoms with Crippen LogP contribution in [0.5, 0.6) is 0 Å². The molecule has 7 nitrogen and oxygen atoms in total. The molecule has 0 saturated carbocycles. The highest BCUT2D eigenvalue weighted by molar-refractivity contribution is 7.32. The third-order valence-electron chi connectivity index (χ3n) is 3.07. The first kappa shape index (κ1) is 22.0. The lowest BCUT2D eigenvalue weighted by Gasteiger charge is -2.15. The van der Waals surface area contributed by atoms with Gasteiger partial charge in [0.25, 0.3) is 0 Å². The summed E-state index contributed by atoms with van der Waals surface area (Å²) in [6.45, 7) is 3.60. The van der Waals surface area contributed by atoms with Crippen molar-refractivity contribution in [1.29, 1.82) is 0 Å². The van der Waals surface area contributed by atoms with Crippen LogP contribution < -0.4 is 0 Å². The first-order valence-electron chi connectivity index (χ1n) is 8.13. The molecule has 0 spiro atoms. The average molecular weight is 351 g/mol. The highest BCUT2D eigenvalue weighted by Crippen LogP contribution is 2.16. The molecule has 0 aromatic rings. The Morgan fingerprint density at radius 2 is 1.52 bits per heavy atom. The summed E-state index contributed by atoms with van der Waals surface area (Å²) in [5.41, 5.74) is 0. The van der Waals surface area contributed by atoms with Gasteiger partial charge in [0, 0.05) is 17.4 Å². The van der Waals surface area contributed by atoms with E-state index in [1.807, 2.05) is 13.8 Å². The van der Waals surface area contributed by atoms with Crippen molar-refractivity contribution >= 4 is 20.2 Å². The van der Waals surface area contributed by atoms with Crippen LogP contribution in [-0.2, 0) is 28.2 Å². The lowest BCUT2D eigenvalue weighted by molar-refractivity contribution is -0.161. The maximum atomic E-state index is 11.7. The smallest absolute Gasteiger partial charge is 0.462 e. The molecule has 0 saturated heterocycles. The van der Waals surface area contributed by atoms with Gasteiger partial charge in [0.1, 0.15) is 13.2 Å². The standard InChI is InChI=1S/C15H27O7P/c1-3-5-7-9-14(16)20-11-13(12-21-23(18)19)22-15(17)10-8-6-4-2/h13H,3-12H2,1-2H3/p+1. The molecule has 0 aromatic heterocycles. The molecule has 0 bridgehead atoms. The third-order valence-corrected chi connectivity index (χ3v) is 3.44. The zero-order chi connectivity index (χ0) is 17.5. The molecule has 0 rings (SSSR count). The molecule has 134 valence electrons. The van der Waals surface area contributed by atoms with Crippen LogP contribution in [0.25, 0.3) is 0 Å². The van der Waals surface area contributed by atoms with Crippen LogP contribution in [0.15, 0.2) is 0 Å². The van der Waals surface area contributed by atoms with E-state index in [4.69, 9.17) is 14.4 Å². The van der Waals surface area contributed by atoms with Gasteiger partial charge < -0.3 is 9.47 Å². The van der Waals surface area contributed by atoms with Crippen molar-refractivity contribution in [3.8, 4) is 0 Å². The van der Waals surface area contributed by atoms with Crippen molar-refractivity contribution in [2.75, 3.05) is 13.2 Å². The number of rotatable bonds is 14. The van der Waals surface area contributed by atoms with Crippen LogP contribution in [-0.4, -0.2) is 36.1 Å². The molecule has 0 fully saturated rings. The summed E-state index contributed by atoms with van der Waals surface area (Å²) in [6.07, 6.45) is 5.02. The molecule has 1 N–H and O–H groups in total. The molecule has 0 heterocycles. The Kier molecular flexibility index (Phi) is 13.9. The van der Waals surface area contributed by atoms with Crippen LogP contribution in [0.3, 0.4) is 0 Å². The van der Waals surface area contributed by atoms with Crippen molar-refractivity contribution in [3.63, 3.8) is 0 Å². The topological polar surface area (TPSA) is 99.1 Å². The fourth-order valence-electron chi connectivity index (χ4n) is 1.80. The van der Waals surface area contributed by atoms with E-state index in [2.05, 4.69) is 4.52 Å². The molecular weight excluding hydrogens is 323 g/mol. The van der Waals surface area contributed by atoms with Gasteiger partial charge in [-0.25, -0.2) is 0 Å². The Balaban J connectivity index is 4.19. The molecule has 0 radical (unpaired) electrons. The highest BCUT2D eigenvalue weighted by Gasteiger charge is 2.23. The summed E-state index contributed by atoms with van der Waals surface area (Å²) >= 11 is 0. The van der Waals surface area contributed by atoms with Gasteiger partial charge in [-0.05, 0) is 12.8 Å². The number of carbonyl (C=O) groups is 2. The molecule has 0 aromatic carbocycles. The van der Waals surface area contributed by atoms with E-state index in [0.29, 0.717) is 12.8 Å². The maximum Gasteiger partial charge on any atom is 0.694 e. The first-order valence-corrected chi connectivity index (χ1v) is 9.26. The minimum absolute atomic E-state index is 0.173. The monoisotopic (exact) mass is 351 g/mol. The molecule has 23 heavy (non-hydrogen) atoms. The van der Waals surface area contributed by atoms with Gasteiger partial charge in [0.05, 0.1) is 0 Å². The molecule has 0 amide bonds. The van der Waals surface area contributed by atoms with Gasteiger partial charge in [0.2, 0.25) is 0 Å². The Morgan fingerprint density at radius 3 is 2.04 bits per heavy atom. The van der Waals surface area contributed by atoms with E-state index < -0.39 is 20.3 Å². The molecular formula is C15H28O7P+. The first-order chi connectivity index (χ1) is 11.0. The molecule has 2 atom stereocenters. The minimum atomic E-state index is -2.79. The lowest BCUT2D eigenvalue weighted by atomic mass is 10.2. The van der Waals surface area contributed by atoms with E-state index in [1.54, 1.807) is 0 Å². The van der Waals surface area contributed by atoms with E-state index in [-0.39, 0.29) is 25.6 Å². The van der Waals surface area contributed by atoms with E-state index in [9.17, 15) is 14.2 Å². The summed E-state index contributed by atoms with van der Waals surface area (Å²) in [5.74, 6) is -0.805. The number of esters is 2. The second-order valence-corrected chi connectivity index (χ2v) is 5.98. The van der Waals surface area contributed by atoms with E-state index >= 15 is 0 Å². The Morgan fingerprint density at radius 1 is 0.957 bits per heavy atom. The molecule has 2 unspecified atom stereocenters. The summed E-state index contributed by atoms with van der Waals surface area (Å²) < 4.78 is 25.3. The second kappa shape index (κ2) is 14.5. The van der Waals surface area contributed by atoms with Crippen LogP contribution in [0.4, 0.5) is 0 Å². The van der Waals surface area contributed by atoms with Gasteiger partial charge in [-0.3, -0.25) is 9.59 Å². The summed E-state index contributed by atoms with van der Waals surface area (Å²) in [5, 5.41) is 0. The fourth-order valence-corrected chi connectivity index (χ4v) is 2.10. The van der Waals surface area contributed by atoms with Gasteiger partial charge in [-0.1, -0.05) is 39.5 Å². The van der Waals surface area contributed by atoms with Gasteiger partial charge in [0.15, 0.2) is 6.10 Å². The Hall–Kier alpha value is -1.04. The van der Waals surface area contributed by atoms with Crippen LogP contribution in [0.2, 0.25) is 0 Å². The van der Waals surface area contributed by atoms with Gasteiger partial charge >= 0.3 is 20.2 Å². The number of hydrogen-bond acceptors (Lipinski definition) is 6. The lowest BCUT2D eigenvalue weighted by Crippen LogP contribution is -2.29. The second-order valence-electron chi connectivity index (χ2n) is 5.24. The number of hydrogen-bond donors (Lipinski definition) is 1. The predicted molar refractivity (Wildman–Crippen MR) is 84.9 cm³/mol.